The highest BCUT2D eigenvalue weighted by molar-refractivity contribution is 6.03. The van der Waals surface area contributed by atoms with Crippen molar-refractivity contribution in [2.24, 2.45) is 10.9 Å². The van der Waals surface area contributed by atoms with E-state index in [9.17, 15) is 14.4 Å². The number of rotatable bonds is 10. The van der Waals surface area contributed by atoms with Gasteiger partial charge < -0.3 is 25.6 Å². The van der Waals surface area contributed by atoms with Crippen LogP contribution in [0.2, 0.25) is 0 Å². The zero-order valence-electron chi connectivity index (χ0n) is 20.7. The van der Waals surface area contributed by atoms with Crippen molar-refractivity contribution in [3.05, 3.63) is 70.9 Å². The van der Waals surface area contributed by atoms with Gasteiger partial charge in [0.15, 0.2) is 0 Å². The molecule has 1 aliphatic rings. The summed E-state index contributed by atoms with van der Waals surface area (Å²) in [6.07, 6.45) is 0.344. The van der Waals surface area contributed by atoms with Crippen molar-refractivity contribution < 1.29 is 24.0 Å². The van der Waals surface area contributed by atoms with Gasteiger partial charge in [-0.3, -0.25) is 15.0 Å². The van der Waals surface area contributed by atoms with Gasteiger partial charge in [0.25, 0.3) is 5.91 Å². The number of nitrogens with one attached hydrogen (secondary N) is 3. The number of fused-ring (bicyclic) bond motifs is 1. The van der Waals surface area contributed by atoms with E-state index < -0.39 is 24.0 Å². The van der Waals surface area contributed by atoms with Crippen molar-refractivity contribution in [3.63, 3.8) is 0 Å². The maximum atomic E-state index is 12.9. The monoisotopic (exact) mass is 503 g/mol. The number of benzene rings is 2. The van der Waals surface area contributed by atoms with E-state index >= 15 is 0 Å². The van der Waals surface area contributed by atoms with Crippen molar-refractivity contribution in [2.75, 3.05) is 7.11 Å². The molecular formula is C27H29N5O5. The van der Waals surface area contributed by atoms with E-state index in [1.54, 1.807) is 12.1 Å². The molecule has 1 amide bonds. The molecule has 5 N–H and O–H groups in total. The first-order chi connectivity index (χ1) is 17.8. The Bertz CT molecular complexity index is 1380. The second-order valence-corrected chi connectivity index (χ2v) is 8.96. The molecule has 0 radical (unpaired) electrons. The van der Waals surface area contributed by atoms with Gasteiger partial charge >= 0.3 is 5.97 Å². The molecule has 3 aromatic rings. The highest BCUT2D eigenvalue weighted by Crippen LogP contribution is 2.22. The van der Waals surface area contributed by atoms with E-state index in [2.05, 4.69) is 15.5 Å². The summed E-state index contributed by atoms with van der Waals surface area (Å²) in [7, 11) is 1.24. The number of methoxy groups -OCH3 is 1. The smallest absolute Gasteiger partial charge is 0.328 e. The lowest BCUT2D eigenvalue weighted by Gasteiger charge is -2.16. The fraction of sp³-hybridized carbons (Fsp3) is 0.296. The number of oxime groups is 1. The van der Waals surface area contributed by atoms with Gasteiger partial charge in [0.05, 0.1) is 12.8 Å². The molecule has 0 saturated heterocycles. The number of ketones is 1. The van der Waals surface area contributed by atoms with E-state index in [1.165, 1.54) is 7.11 Å². The van der Waals surface area contributed by atoms with E-state index in [0.29, 0.717) is 23.4 Å². The molecule has 192 valence electrons. The van der Waals surface area contributed by atoms with E-state index in [-0.39, 0.29) is 30.9 Å². The lowest BCUT2D eigenvalue weighted by atomic mass is 9.99. The fourth-order valence-electron chi connectivity index (χ4n) is 4.34. The number of nitrogens with zero attached hydrogens (tertiary/aromatic N) is 1. The third-order valence-electron chi connectivity index (χ3n) is 6.41. The molecule has 0 aliphatic carbocycles. The Morgan fingerprint density at radius 2 is 1.95 bits per heavy atom. The van der Waals surface area contributed by atoms with Crippen molar-refractivity contribution >= 4 is 40.1 Å². The third-order valence-corrected chi connectivity index (χ3v) is 6.41. The van der Waals surface area contributed by atoms with Crippen LogP contribution in [0.5, 0.6) is 0 Å². The topological polar surface area (TPSA) is 160 Å². The van der Waals surface area contributed by atoms with Crippen molar-refractivity contribution in [1.82, 2.24) is 10.3 Å². The largest absolute Gasteiger partial charge is 0.467 e. The second kappa shape index (κ2) is 11.1. The molecule has 2 heterocycles. The molecule has 1 aliphatic heterocycles. The van der Waals surface area contributed by atoms with Crippen LogP contribution in [-0.2, 0) is 19.2 Å². The minimum absolute atomic E-state index is 0.0162. The highest BCUT2D eigenvalue weighted by Gasteiger charge is 2.28. The number of hydrogen-bond acceptors (Lipinski definition) is 7. The molecule has 0 bridgehead atoms. The fourth-order valence-corrected chi connectivity index (χ4v) is 4.34. The summed E-state index contributed by atoms with van der Waals surface area (Å²) in [4.78, 5) is 46.5. The van der Waals surface area contributed by atoms with Gasteiger partial charge in [-0.05, 0) is 30.5 Å². The second-order valence-electron chi connectivity index (χ2n) is 8.96. The van der Waals surface area contributed by atoms with Crippen LogP contribution < -0.4 is 11.1 Å². The van der Waals surface area contributed by atoms with Crippen LogP contribution in [0.15, 0.2) is 53.7 Å². The van der Waals surface area contributed by atoms with Gasteiger partial charge in [0.2, 0.25) is 0 Å². The number of aryl methyl sites for hydroxylation is 1. The Kier molecular flexibility index (Phi) is 7.66. The molecule has 2 unspecified atom stereocenters. The van der Waals surface area contributed by atoms with Crippen LogP contribution in [0.4, 0.5) is 0 Å². The normalized spacial score (nSPS) is 15.5. The summed E-state index contributed by atoms with van der Waals surface area (Å²) >= 11 is 0. The molecule has 37 heavy (non-hydrogen) atoms. The average Bonchev–Trinajstić information content (AvgIpc) is 3.50. The molecular weight excluding hydrogens is 474 g/mol. The number of para-hydroxylation sites is 1. The number of amidine groups is 1. The summed E-state index contributed by atoms with van der Waals surface area (Å²) in [6, 6.07) is 13.7. The van der Waals surface area contributed by atoms with Gasteiger partial charge in [-0.15, -0.1) is 0 Å². The Hall–Kier alpha value is -4.47. The number of nitrogens with two attached hydrogens (primary N) is 1. The number of aromatic nitrogens is 1. The summed E-state index contributed by atoms with van der Waals surface area (Å²) < 4.78 is 4.85. The summed E-state index contributed by atoms with van der Waals surface area (Å²) in [5.41, 5.74) is 9.60. The van der Waals surface area contributed by atoms with E-state index in [0.717, 1.165) is 22.0 Å². The first-order valence-electron chi connectivity index (χ1n) is 11.9. The lowest BCUT2D eigenvalue weighted by molar-refractivity contribution is -0.143. The van der Waals surface area contributed by atoms with Gasteiger partial charge in [-0.25, -0.2) is 4.79 Å². The Labute approximate surface area is 213 Å². The number of esters is 1. The molecule has 2 atom stereocenters. The van der Waals surface area contributed by atoms with Gasteiger partial charge in [-0.1, -0.05) is 47.6 Å². The number of H-pyrrole nitrogens is 1. The van der Waals surface area contributed by atoms with Crippen LogP contribution in [0.1, 0.15) is 52.9 Å². The molecule has 10 nitrogen and oxygen atoms in total. The van der Waals surface area contributed by atoms with Crippen LogP contribution >= 0.6 is 0 Å². The zero-order chi connectivity index (χ0) is 26.5. The quantitative estimate of drug-likeness (QED) is 0.189. The van der Waals surface area contributed by atoms with Crippen molar-refractivity contribution in [3.8, 4) is 0 Å². The average molecular weight is 504 g/mol. The van der Waals surface area contributed by atoms with E-state index in [1.807, 2.05) is 43.3 Å². The van der Waals surface area contributed by atoms with Crippen molar-refractivity contribution in [2.45, 2.75) is 44.8 Å². The SMILES string of the molecule is COC(=O)C(CCC(=O)CC1CC(c2ccc(C(=N)N)cc2)=NO1)NC(=O)c1[nH]c2ccccc2c1C. The number of ether oxygens (including phenoxy) is 1. The first kappa shape index (κ1) is 25.6. The lowest BCUT2D eigenvalue weighted by Crippen LogP contribution is -2.42. The van der Waals surface area contributed by atoms with Crippen molar-refractivity contribution in [1.29, 1.82) is 5.41 Å². The Morgan fingerprint density at radius 1 is 1.22 bits per heavy atom. The summed E-state index contributed by atoms with van der Waals surface area (Å²) in [6.45, 7) is 1.83. The Balaban J connectivity index is 1.31. The minimum atomic E-state index is -0.969. The first-order valence-corrected chi connectivity index (χ1v) is 11.9. The molecule has 1 aromatic heterocycles. The number of amides is 1. The number of carbonyl (C=O) groups is 3. The van der Waals surface area contributed by atoms with Crippen LogP contribution in [0.3, 0.4) is 0 Å². The van der Waals surface area contributed by atoms with Gasteiger partial charge in [-0.2, -0.15) is 0 Å². The van der Waals surface area contributed by atoms with Crippen LogP contribution in [-0.4, -0.2) is 53.4 Å². The Morgan fingerprint density at radius 3 is 2.62 bits per heavy atom. The predicted octanol–water partition coefficient (Wildman–Crippen LogP) is 2.96. The summed E-state index contributed by atoms with van der Waals surface area (Å²) in [5.74, 6) is -1.19. The van der Waals surface area contributed by atoms with Crippen LogP contribution in [0.25, 0.3) is 10.9 Å². The number of nitrogen functional groups attached to an aromatic ring is 1. The summed E-state index contributed by atoms with van der Waals surface area (Å²) in [5, 5.41) is 15.2. The third kappa shape index (κ3) is 5.85. The van der Waals surface area contributed by atoms with E-state index in [4.69, 9.17) is 20.7 Å². The molecule has 0 fully saturated rings. The zero-order valence-corrected chi connectivity index (χ0v) is 20.7. The number of carbonyl (C=O) groups excluding carboxylic acids is 3. The number of hydrogen-bond donors (Lipinski definition) is 4. The molecule has 2 aromatic carbocycles. The van der Waals surface area contributed by atoms with Gasteiger partial charge in [0, 0.05) is 35.7 Å². The minimum Gasteiger partial charge on any atom is -0.467 e. The maximum Gasteiger partial charge on any atom is 0.328 e. The molecule has 0 spiro atoms. The molecule has 0 saturated carbocycles. The molecule has 10 heteroatoms. The van der Waals surface area contributed by atoms with Crippen LogP contribution in [0, 0.1) is 12.3 Å². The predicted molar refractivity (Wildman–Crippen MR) is 139 cm³/mol. The standard InChI is InChI=1S/C27H29N5O5/c1-15-20-5-3-4-6-21(20)30-24(15)26(34)31-22(27(35)36-2)12-11-18(33)13-19-14-23(32-37-19)16-7-9-17(10-8-16)25(28)29/h3-10,19,22,30H,11-14H2,1-2H3,(H3,28,29)(H,31,34). The highest BCUT2D eigenvalue weighted by atomic mass is 16.6. The van der Waals surface area contributed by atoms with Gasteiger partial charge in [0.1, 0.15) is 29.5 Å². The number of aromatic amines is 1. The maximum absolute atomic E-state index is 12.9. The molecule has 4 rings (SSSR count). The number of Topliss-reactive ketones (excluding diaryl/α,β-unsaturated/α-hetero) is 1.